The molecular formula is C11H13F3N2O. The molecule has 17 heavy (non-hydrogen) atoms. The molecule has 1 aromatic rings. The number of hydrogen-bond donors (Lipinski definition) is 0. The van der Waals surface area contributed by atoms with E-state index in [1.165, 1.54) is 4.68 Å². The van der Waals surface area contributed by atoms with Crippen molar-refractivity contribution >= 4 is 5.78 Å². The molecule has 0 aliphatic rings. The summed E-state index contributed by atoms with van der Waals surface area (Å²) in [5.41, 5.74) is 1.53. The second-order valence-electron chi connectivity index (χ2n) is 3.76. The molecule has 1 heterocycles. The van der Waals surface area contributed by atoms with Crippen molar-refractivity contribution in [1.82, 2.24) is 9.78 Å². The van der Waals surface area contributed by atoms with Crippen molar-refractivity contribution in [2.75, 3.05) is 0 Å². The number of aryl methyl sites for hydroxylation is 2. The summed E-state index contributed by atoms with van der Waals surface area (Å²) >= 11 is 0. The molecular weight excluding hydrogens is 233 g/mol. The van der Waals surface area contributed by atoms with Gasteiger partial charge in [0.25, 0.3) is 0 Å². The Labute approximate surface area is 96.9 Å². The van der Waals surface area contributed by atoms with E-state index in [1.54, 1.807) is 20.9 Å². The lowest BCUT2D eigenvalue weighted by Gasteiger charge is -2.00. The van der Waals surface area contributed by atoms with Gasteiger partial charge in [0, 0.05) is 12.7 Å². The highest BCUT2D eigenvalue weighted by Gasteiger charge is 2.25. The van der Waals surface area contributed by atoms with Crippen LogP contribution >= 0.6 is 0 Å². The van der Waals surface area contributed by atoms with Gasteiger partial charge in [-0.05, 0) is 19.9 Å². The Morgan fingerprint density at radius 3 is 2.41 bits per heavy atom. The van der Waals surface area contributed by atoms with Crippen LogP contribution in [0.25, 0.3) is 0 Å². The van der Waals surface area contributed by atoms with Crippen molar-refractivity contribution < 1.29 is 18.0 Å². The zero-order valence-electron chi connectivity index (χ0n) is 9.80. The van der Waals surface area contributed by atoms with Gasteiger partial charge in [0.1, 0.15) is 0 Å². The minimum absolute atomic E-state index is 0.367. The standard InChI is InChI=1S/C11H13F3N2O/c1-7-10(8(2)16(3)15-7)9(17)5-4-6-11(12,13)14/h4-5H,6H2,1-3H3/b5-4+. The Bertz CT molecular complexity index is 458. The maximum Gasteiger partial charge on any atom is 0.392 e. The van der Waals surface area contributed by atoms with E-state index in [0.717, 1.165) is 12.2 Å². The predicted octanol–water partition coefficient (Wildman–Crippen LogP) is 2.73. The molecule has 0 fully saturated rings. The van der Waals surface area contributed by atoms with Crippen molar-refractivity contribution in [3.8, 4) is 0 Å². The van der Waals surface area contributed by atoms with Crippen LogP contribution in [-0.4, -0.2) is 21.7 Å². The average Bonchev–Trinajstić information content (AvgIpc) is 2.38. The van der Waals surface area contributed by atoms with Crippen LogP contribution in [0.3, 0.4) is 0 Å². The molecule has 0 aliphatic heterocycles. The fourth-order valence-electron chi connectivity index (χ4n) is 1.51. The summed E-state index contributed by atoms with van der Waals surface area (Å²) < 4.78 is 37.2. The Morgan fingerprint density at radius 1 is 1.41 bits per heavy atom. The van der Waals surface area contributed by atoms with Crippen LogP contribution in [-0.2, 0) is 7.05 Å². The first-order valence-corrected chi connectivity index (χ1v) is 5.00. The molecule has 0 N–H and O–H groups in total. The normalized spacial score (nSPS) is 12.4. The van der Waals surface area contributed by atoms with Gasteiger partial charge in [-0.3, -0.25) is 9.48 Å². The first kappa shape index (κ1) is 13.5. The van der Waals surface area contributed by atoms with Gasteiger partial charge >= 0.3 is 6.18 Å². The van der Waals surface area contributed by atoms with Crippen LogP contribution in [0.5, 0.6) is 0 Å². The van der Waals surface area contributed by atoms with Crippen molar-refractivity contribution in [3.05, 3.63) is 29.1 Å². The third-order valence-electron chi connectivity index (χ3n) is 2.37. The summed E-state index contributed by atoms with van der Waals surface area (Å²) in [5.74, 6) is -0.447. The minimum atomic E-state index is -4.28. The highest BCUT2D eigenvalue weighted by molar-refractivity contribution is 6.06. The van der Waals surface area contributed by atoms with Gasteiger partial charge in [0.2, 0.25) is 0 Å². The molecule has 0 spiro atoms. The first-order chi connectivity index (χ1) is 7.72. The molecule has 0 aromatic carbocycles. The molecule has 0 saturated heterocycles. The molecule has 94 valence electrons. The second kappa shape index (κ2) is 4.73. The van der Waals surface area contributed by atoms with Gasteiger partial charge in [-0.15, -0.1) is 0 Å². The summed E-state index contributed by atoms with van der Waals surface area (Å²) in [6.07, 6.45) is -3.61. The van der Waals surface area contributed by atoms with E-state index in [2.05, 4.69) is 5.10 Å². The summed E-state index contributed by atoms with van der Waals surface area (Å²) in [4.78, 5) is 11.7. The zero-order chi connectivity index (χ0) is 13.2. The van der Waals surface area contributed by atoms with Gasteiger partial charge in [-0.1, -0.05) is 6.08 Å². The van der Waals surface area contributed by atoms with Crippen LogP contribution in [0.4, 0.5) is 13.2 Å². The Morgan fingerprint density at radius 2 is 2.00 bits per heavy atom. The maximum absolute atomic E-state index is 11.9. The number of alkyl halides is 3. The lowest BCUT2D eigenvalue weighted by molar-refractivity contribution is -0.125. The van der Waals surface area contributed by atoms with Crippen LogP contribution in [0.1, 0.15) is 28.2 Å². The SMILES string of the molecule is Cc1nn(C)c(C)c1C(=O)/C=C/CC(F)(F)F. The Hall–Kier alpha value is -1.59. The molecule has 0 atom stereocenters. The second-order valence-corrected chi connectivity index (χ2v) is 3.76. The highest BCUT2D eigenvalue weighted by atomic mass is 19.4. The van der Waals surface area contributed by atoms with Crippen molar-refractivity contribution in [2.24, 2.45) is 7.05 Å². The molecule has 6 heteroatoms. The predicted molar refractivity (Wildman–Crippen MR) is 56.8 cm³/mol. The Kier molecular flexibility index (Phi) is 3.75. The van der Waals surface area contributed by atoms with E-state index in [4.69, 9.17) is 0 Å². The number of carbonyl (C=O) groups excluding carboxylic acids is 1. The monoisotopic (exact) mass is 246 g/mol. The Balaban J connectivity index is 2.84. The number of carbonyl (C=O) groups is 1. The lowest BCUT2D eigenvalue weighted by atomic mass is 10.1. The fourth-order valence-corrected chi connectivity index (χ4v) is 1.51. The number of ketones is 1. The molecule has 0 unspecified atom stereocenters. The third-order valence-corrected chi connectivity index (χ3v) is 2.37. The summed E-state index contributed by atoms with van der Waals surface area (Å²) in [6.45, 7) is 3.35. The quantitative estimate of drug-likeness (QED) is 0.607. The van der Waals surface area contributed by atoms with Crippen LogP contribution in [0.2, 0.25) is 0 Å². The molecule has 0 bridgehead atoms. The van der Waals surface area contributed by atoms with Gasteiger partial charge < -0.3 is 0 Å². The highest BCUT2D eigenvalue weighted by Crippen LogP contribution is 2.20. The number of nitrogens with zero attached hydrogens (tertiary/aromatic N) is 2. The number of allylic oxidation sites excluding steroid dienone is 2. The molecule has 1 aromatic heterocycles. The van der Waals surface area contributed by atoms with E-state index < -0.39 is 18.4 Å². The van der Waals surface area contributed by atoms with E-state index >= 15 is 0 Å². The topological polar surface area (TPSA) is 34.9 Å². The zero-order valence-corrected chi connectivity index (χ0v) is 9.80. The fraction of sp³-hybridized carbons (Fsp3) is 0.455. The number of halogens is 3. The minimum Gasteiger partial charge on any atom is -0.289 e. The van der Waals surface area contributed by atoms with Gasteiger partial charge in [-0.25, -0.2) is 0 Å². The van der Waals surface area contributed by atoms with E-state index in [0.29, 0.717) is 17.0 Å². The summed E-state index contributed by atoms with van der Waals surface area (Å²) in [7, 11) is 1.68. The molecule has 1 rings (SSSR count). The molecule has 0 aliphatic carbocycles. The molecule has 0 amide bonds. The maximum atomic E-state index is 11.9. The molecule has 0 saturated carbocycles. The largest absolute Gasteiger partial charge is 0.392 e. The van der Waals surface area contributed by atoms with E-state index in [1.807, 2.05) is 0 Å². The van der Waals surface area contributed by atoms with Gasteiger partial charge in [0.05, 0.1) is 17.7 Å². The summed E-state index contributed by atoms with van der Waals surface area (Å²) in [6, 6.07) is 0. The average molecular weight is 246 g/mol. The van der Waals surface area contributed by atoms with Gasteiger partial charge in [0.15, 0.2) is 5.78 Å². The summed E-state index contributed by atoms with van der Waals surface area (Å²) in [5, 5.41) is 4.03. The smallest absolute Gasteiger partial charge is 0.289 e. The van der Waals surface area contributed by atoms with Crippen molar-refractivity contribution in [1.29, 1.82) is 0 Å². The lowest BCUT2D eigenvalue weighted by Crippen LogP contribution is -2.05. The van der Waals surface area contributed by atoms with Crippen LogP contribution in [0, 0.1) is 13.8 Å². The first-order valence-electron chi connectivity index (χ1n) is 5.00. The van der Waals surface area contributed by atoms with E-state index in [-0.39, 0.29) is 0 Å². The van der Waals surface area contributed by atoms with Crippen molar-refractivity contribution in [2.45, 2.75) is 26.4 Å². The number of aromatic nitrogens is 2. The van der Waals surface area contributed by atoms with Crippen LogP contribution in [0.15, 0.2) is 12.2 Å². The number of hydrogen-bond acceptors (Lipinski definition) is 2. The van der Waals surface area contributed by atoms with Gasteiger partial charge in [-0.2, -0.15) is 18.3 Å². The third kappa shape index (κ3) is 3.44. The van der Waals surface area contributed by atoms with Crippen LogP contribution < -0.4 is 0 Å². The molecule has 3 nitrogen and oxygen atoms in total. The number of rotatable bonds is 3. The van der Waals surface area contributed by atoms with E-state index in [9.17, 15) is 18.0 Å². The molecule has 0 radical (unpaired) electrons. The van der Waals surface area contributed by atoms with Crippen molar-refractivity contribution in [3.63, 3.8) is 0 Å².